The van der Waals surface area contributed by atoms with E-state index in [1.165, 1.54) is 0 Å². The van der Waals surface area contributed by atoms with Gasteiger partial charge in [-0.3, -0.25) is 4.79 Å². The molecule has 0 spiro atoms. The maximum atomic E-state index is 12.5. The quantitative estimate of drug-likeness (QED) is 0.813. The number of hydrogen-bond donors (Lipinski definition) is 2. The molecular weight excluding hydrogens is 336 g/mol. The molecule has 0 bridgehead atoms. The van der Waals surface area contributed by atoms with Crippen LogP contribution in [0, 0.1) is 0 Å². The normalized spacial score (nSPS) is 18.0. The smallest absolute Gasteiger partial charge is 0.329 e. The molecule has 0 aromatic carbocycles. The van der Waals surface area contributed by atoms with Crippen LogP contribution in [0.25, 0.3) is 0 Å². The van der Waals surface area contributed by atoms with Crippen molar-refractivity contribution < 1.29 is 14.7 Å². The van der Waals surface area contributed by atoms with Crippen LogP contribution in [0.5, 0.6) is 0 Å². The lowest BCUT2D eigenvalue weighted by atomic mass is 9.90. The van der Waals surface area contributed by atoms with Gasteiger partial charge in [0.25, 0.3) is 5.91 Å². The third-order valence-electron chi connectivity index (χ3n) is 4.16. The van der Waals surface area contributed by atoms with Crippen LogP contribution < -0.4 is 5.32 Å². The number of carbonyl (C=O) groups excluding carboxylic acids is 1. The molecule has 1 aromatic rings. The summed E-state index contributed by atoms with van der Waals surface area (Å²) in [5.41, 5.74) is -0.627. The van der Waals surface area contributed by atoms with Gasteiger partial charge in [-0.25, -0.2) is 4.79 Å². The molecule has 1 aliphatic rings. The van der Waals surface area contributed by atoms with E-state index in [9.17, 15) is 14.7 Å². The zero-order valence-electron chi connectivity index (χ0n) is 12.2. The summed E-state index contributed by atoms with van der Waals surface area (Å²) < 4.78 is 2.63. The molecule has 0 unspecified atom stereocenters. The summed E-state index contributed by atoms with van der Waals surface area (Å²) in [5.74, 6) is -1.24. The number of aromatic nitrogens is 1. The van der Waals surface area contributed by atoms with E-state index in [0.29, 0.717) is 25.1 Å². The van der Waals surface area contributed by atoms with Crippen molar-refractivity contribution in [2.24, 2.45) is 0 Å². The van der Waals surface area contributed by atoms with Crippen LogP contribution >= 0.6 is 15.9 Å². The molecule has 2 N–H and O–H groups in total. The van der Waals surface area contributed by atoms with Gasteiger partial charge in [-0.2, -0.15) is 0 Å². The predicted molar refractivity (Wildman–Crippen MR) is 83.3 cm³/mol. The first-order chi connectivity index (χ1) is 9.98. The van der Waals surface area contributed by atoms with Gasteiger partial charge in [0, 0.05) is 17.2 Å². The van der Waals surface area contributed by atoms with E-state index in [-0.39, 0.29) is 5.91 Å². The van der Waals surface area contributed by atoms with Gasteiger partial charge in [0.05, 0.1) is 0 Å². The second-order valence-corrected chi connectivity index (χ2v) is 6.50. The third-order valence-corrected chi connectivity index (χ3v) is 4.59. The highest BCUT2D eigenvalue weighted by atomic mass is 79.9. The Kier molecular flexibility index (Phi) is 5.08. The number of carboxylic acids is 1. The van der Waals surface area contributed by atoms with Gasteiger partial charge in [-0.05, 0) is 41.8 Å². The fourth-order valence-corrected chi connectivity index (χ4v) is 3.40. The number of aryl methyl sites for hydroxylation is 1. The summed E-state index contributed by atoms with van der Waals surface area (Å²) >= 11 is 3.36. The first-order valence-corrected chi connectivity index (χ1v) is 8.19. The van der Waals surface area contributed by atoms with E-state index in [0.717, 1.165) is 30.2 Å². The van der Waals surface area contributed by atoms with Gasteiger partial charge in [0.1, 0.15) is 11.2 Å². The van der Waals surface area contributed by atoms with Gasteiger partial charge < -0.3 is 15.0 Å². The van der Waals surface area contributed by atoms with Crippen molar-refractivity contribution in [1.82, 2.24) is 9.88 Å². The molecule has 1 amide bonds. The molecule has 2 rings (SSSR count). The van der Waals surface area contributed by atoms with Crippen LogP contribution in [0.4, 0.5) is 0 Å². The van der Waals surface area contributed by atoms with E-state index in [1.807, 2.05) is 17.7 Å². The maximum Gasteiger partial charge on any atom is 0.329 e. The number of nitrogens with one attached hydrogen (secondary N) is 1. The Morgan fingerprint density at radius 2 is 1.95 bits per heavy atom. The van der Waals surface area contributed by atoms with Crippen molar-refractivity contribution in [2.75, 3.05) is 0 Å². The minimum atomic E-state index is -1.12. The van der Waals surface area contributed by atoms with Crippen LogP contribution in [0.1, 0.15) is 55.9 Å². The predicted octanol–water partition coefficient (Wildman–Crippen LogP) is 3.18. The number of hydrogen-bond acceptors (Lipinski definition) is 2. The molecule has 6 heteroatoms. The summed E-state index contributed by atoms with van der Waals surface area (Å²) in [6.07, 6.45) is 6.57. The molecule has 1 saturated carbocycles. The first kappa shape index (κ1) is 16.1. The lowest BCUT2D eigenvalue weighted by Crippen LogP contribution is -2.54. The number of rotatable bonds is 4. The van der Waals surface area contributed by atoms with E-state index in [1.54, 1.807) is 6.07 Å². The minimum absolute atomic E-state index is 0.313. The standard InChI is InChI=1S/C15H21BrN2O3/c1-2-18-10-11(16)9-12(18)13(19)17-15(14(20)21)7-5-3-4-6-8-15/h9-10H,2-8H2,1H3,(H,17,19)(H,20,21). The Balaban J connectivity index is 2.23. The van der Waals surface area contributed by atoms with Gasteiger partial charge in [0.15, 0.2) is 0 Å². The molecule has 0 atom stereocenters. The van der Waals surface area contributed by atoms with Crippen molar-refractivity contribution in [3.63, 3.8) is 0 Å². The molecule has 0 radical (unpaired) electrons. The fraction of sp³-hybridized carbons (Fsp3) is 0.600. The lowest BCUT2D eigenvalue weighted by Gasteiger charge is -2.29. The molecule has 0 saturated heterocycles. The Morgan fingerprint density at radius 1 is 1.33 bits per heavy atom. The number of amides is 1. The van der Waals surface area contributed by atoms with Crippen molar-refractivity contribution >= 4 is 27.8 Å². The van der Waals surface area contributed by atoms with Crippen LogP contribution in [-0.2, 0) is 11.3 Å². The SMILES string of the molecule is CCn1cc(Br)cc1C(=O)NC1(C(=O)O)CCCCCC1. The number of aliphatic carboxylic acids is 1. The summed E-state index contributed by atoms with van der Waals surface area (Å²) in [4.78, 5) is 24.2. The Morgan fingerprint density at radius 3 is 2.48 bits per heavy atom. The van der Waals surface area contributed by atoms with Crippen molar-refractivity contribution in [1.29, 1.82) is 0 Å². The summed E-state index contributed by atoms with van der Waals surface area (Å²) in [5, 5.41) is 12.4. The Hall–Kier alpha value is -1.30. The maximum absolute atomic E-state index is 12.5. The van der Waals surface area contributed by atoms with Crippen LogP contribution in [0.3, 0.4) is 0 Å². The Bertz CT molecular complexity index is 531. The molecule has 21 heavy (non-hydrogen) atoms. The van der Waals surface area contributed by atoms with Crippen molar-refractivity contribution in [3.05, 3.63) is 22.4 Å². The van der Waals surface area contributed by atoms with Crippen molar-refractivity contribution in [2.45, 2.75) is 57.5 Å². The molecule has 1 fully saturated rings. The molecule has 1 aliphatic carbocycles. The summed E-state index contributed by atoms with van der Waals surface area (Å²) in [7, 11) is 0. The van der Waals surface area contributed by atoms with Crippen LogP contribution in [0.2, 0.25) is 0 Å². The van der Waals surface area contributed by atoms with E-state index < -0.39 is 11.5 Å². The zero-order chi connectivity index (χ0) is 15.5. The van der Waals surface area contributed by atoms with Gasteiger partial charge in [-0.15, -0.1) is 0 Å². The molecule has 116 valence electrons. The van der Waals surface area contributed by atoms with Gasteiger partial charge in [-0.1, -0.05) is 25.7 Å². The Labute approximate surface area is 132 Å². The highest BCUT2D eigenvalue weighted by Gasteiger charge is 2.40. The third kappa shape index (κ3) is 3.48. The monoisotopic (exact) mass is 356 g/mol. The highest BCUT2D eigenvalue weighted by Crippen LogP contribution is 2.28. The second kappa shape index (κ2) is 6.64. The number of halogens is 1. The molecule has 0 aliphatic heterocycles. The summed E-state index contributed by atoms with van der Waals surface area (Å²) in [6.45, 7) is 2.61. The minimum Gasteiger partial charge on any atom is -0.480 e. The van der Waals surface area contributed by atoms with Crippen molar-refractivity contribution in [3.8, 4) is 0 Å². The largest absolute Gasteiger partial charge is 0.480 e. The molecule has 5 nitrogen and oxygen atoms in total. The van der Waals surface area contributed by atoms with E-state index in [4.69, 9.17) is 0 Å². The van der Waals surface area contributed by atoms with Gasteiger partial charge >= 0.3 is 5.97 Å². The van der Waals surface area contributed by atoms with Crippen LogP contribution in [0.15, 0.2) is 16.7 Å². The highest BCUT2D eigenvalue weighted by molar-refractivity contribution is 9.10. The lowest BCUT2D eigenvalue weighted by molar-refractivity contribution is -0.145. The number of nitrogens with zero attached hydrogens (tertiary/aromatic N) is 1. The molecule has 1 aromatic heterocycles. The molecular formula is C15H21BrN2O3. The van der Waals surface area contributed by atoms with Gasteiger partial charge in [0.2, 0.25) is 0 Å². The van der Waals surface area contributed by atoms with Crippen LogP contribution in [-0.4, -0.2) is 27.1 Å². The summed E-state index contributed by atoms with van der Waals surface area (Å²) in [6, 6.07) is 1.73. The first-order valence-electron chi connectivity index (χ1n) is 7.40. The zero-order valence-corrected chi connectivity index (χ0v) is 13.8. The average molecular weight is 357 g/mol. The fourth-order valence-electron chi connectivity index (χ4n) is 2.93. The topological polar surface area (TPSA) is 71.3 Å². The number of carbonyl (C=O) groups is 2. The average Bonchev–Trinajstić information content (AvgIpc) is 2.67. The molecule has 1 heterocycles. The van der Waals surface area contributed by atoms with E-state index >= 15 is 0 Å². The van der Waals surface area contributed by atoms with E-state index in [2.05, 4.69) is 21.2 Å². The number of carboxylic acid groups (broad SMARTS) is 1. The second-order valence-electron chi connectivity index (χ2n) is 5.59.